The normalized spacial score (nSPS) is 40.9. The SMILES string of the molecule is O=C(C1CCCC1)N1CCSC12CCN(C(=O)C13CC4CC(CC(C4)C1)C3)CC2. The van der Waals surface area contributed by atoms with E-state index in [1.165, 1.54) is 51.4 Å². The Hall–Kier alpha value is -0.710. The largest absolute Gasteiger partial charge is 0.342 e. The van der Waals surface area contributed by atoms with Crippen molar-refractivity contribution in [2.45, 2.75) is 81.9 Å². The van der Waals surface area contributed by atoms with E-state index in [2.05, 4.69) is 9.80 Å². The molecule has 2 aliphatic heterocycles. The number of piperidine rings is 1. The maximum absolute atomic E-state index is 13.7. The molecule has 7 aliphatic rings. The number of amides is 2. The first-order valence-electron chi connectivity index (χ1n) is 12.3. The molecule has 7 rings (SSSR count). The van der Waals surface area contributed by atoms with Crippen molar-refractivity contribution in [2.24, 2.45) is 29.1 Å². The average molecular weight is 417 g/mol. The van der Waals surface area contributed by atoms with Gasteiger partial charge in [0.15, 0.2) is 0 Å². The van der Waals surface area contributed by atoms with Gasteiger partial charge >= 0.3 is 0 Å². The summed E-state index contributed by atoms with van der Waals surface area (Å²) in [6.45, 7) is 2.65. The van der Waals surface area contributed by atoms with Crippen LogP contribution in [0.2, 0.25) is 0 Å². The maximum atomic E-state index is 13.7. The molecule has 4 nitrogen and oxygen atoms in total. The Kier molecular flexibility index (Phi) is 4.52. The summed E-state index contributed by atoms with van der Waals surface area (Å²) >= 11 is 2.00. The van der Waals surface area contributed by atoms with Gasteiger partial charge in [0.2, 0.25) is 11.8 Å². The highest BCUT2D eigenvalue weighted by molar-refractivity contribution is 8.00. The number of carbonyl (C=O) groups is 2. The van der Waals surface area contributed by atoms with Crippen molar-refractivity contribution in [3.63, 3.8) is 0 Å². The van der Waals surface area contributed by atoms with Gasteiger partial charge in [-0.1, -0.05) is 12.8 Å². The van der Waals surface area contributed by atoms with Gasteiger partial charge in [-0.25, -0.2) is 0 Å². The van der Waals surface area contributed by atoms with E-state index in [0.29, 0.717) is 11.8 Å². The van der Waals surface area contributed by atoms with Crippen LogP contribution in [0.5, 0.6) is 0 Å². The minimum absolute atomic E-state index is 0.0125. The highest BCUT2D eigenvalue weighted by atomic mass is 32.2. The maximum Gasteiger partial charge on any atom is 0.228 e. The molecule has 160 valence electrons. The molecule has 1 spiro atoms. The smallest absolute Gasteiger partial charge is 0.228 e. The molecule has 7 fully saturated rings. The van der Waals surface area contributed by atoms with Crippen LogP contribution in [-0.2, 0) is 9.59 Å². The molecule has 5 saturated carbocycles. The molecule has 5 heteroatoms. The van der Waals surface area contributed by atoms with Gasteiger partial charge in [0.05, 0.1) is 10.3 Å². The second kappa shape index (κ2) is 6.90. The Bertz CT molecular complexity index is 658. The molecule has 0 N–H and O–H groups in total. The van der Waals surface area contributed by atoms with Gasteiger partial charge in [0.1, 0.15) is 0 Å². The molecule has 0 atom stereocenters. The second-order valence-corrected chi connectivity index (χ2v) is 12.7. The first kappa shape index (κ1) is 19.0. The molecular weight excluding hydrogens is 380 g/mol. The van der Waals surface area contributed by atoms with E-state index in [1.54, 1.807) is 0 Å². The summed E-state index contributed by atoms with van der Waals surface area (Å²) in [5, 5.41) is 0. The van der Waals surface area contributed by atoms with Crippen molar-refractivity contribution in [1.29, 1.82) is 0 Å². The van der Waals surface area contributed by atoms with Gasteiger partial charge in [-0.3, -0.25) is 9.59 Å². The van der Waals surface area contributed by atoms with Gasteiger partial charge in [0, 0.05) is 31.3 Å². The van der Waals surface area contributed by atoms with Crippen molar-refractivity contribution in [3.8, 4) is 0 Å². The minimum atomic E-state index is -0.0159. The van der Waals surface area contributed by atoms with Crippen molar-refractivity contribution >= 4 is 23.6 Å². The fraction of sp³-hybridized carbons (Fsp3) is 0.917. The molecule has 5 aliphatic carbocycles. The summed E-state index contributed by atoms with van der Waals surface area (Å²) in [4.78, 5) is 31.4. The molecule has 29 heavy (non-hydrogen) atoms. The minimum Gasteiger partial charge on any atom is -0.342 e. The topological polar surface area (TPSA) is 40.6 Å². The van der Waals surface area contributed by atoms with E-state index >= 15 is 0 Å². The zero-order valence-corrected chi connectivity index (χ0v) is 18.6. The van der Waals surface area contributed by atoms with Crippen LogP contribution in [0.15, 0.2) is 0 Å². The third-order valence-corrected chi connectivity index (χ3v) is 11.0. The third kappa shape index (κ3) is 3.00. The van der Waals surface area contributed by atoms with Gasteiger partial charge < -0.3 is 9.80 Å². The van der Waals surface area contributed by atoms with Crippen LogP contribution in [0.25, 0.3) is 0 Å². The van der Waals surface area contributed by atoms with Crippen LogP contribution < -0.4 is 0 Å². The zero-order chi connectivity index (χ0) is 19.6. The number of thioether (sulfide) groups is 1. The Labute approximate surface area is 179 Å². The molecule has 0 unspecified atom stereocenters. The monoisotopic (exact) mass is 416 g/mol. The van der Waals surface area contributed by atoms with E-state index < -0.39 is 0 Å². The lowest BCUT2D eigenvalue weighted by Crippen LogP contribution is -2.59. The van der Waals surface area contributed by atoms with Crippen LogP contribution in [-0.4, -0.2) is 51.9 Å². The first-order valence-corrected chi connectivity index (χ1v) is 13.3. The number of hydrogen-bond donors (Lipinski definition) is 0. The summed E-state index contributed by atoms with van der Waals surface area (Å²) in [5.41, 5.74) is -0.0125. The van der Waals surface area contributed by atoms with Gasteiger partial charge in [-0.05, 0) is 82.0 Å². The molecule has 0 radical (unpaired) electrons. The molecule has 2 saturated heterocycles. The lowest BCUT2D eigenvalue weighted by atomic mass is 9.49. The van der Waals surface area contributed by atoms with E-state index in [1.807, 2.05) is 11.8 Å². The average Bonchev–Trinajstić information content (AvgIpc) is 3.37. The van der Waals surface area contributed by atoms with Crippen molar-refractivity contribution in [3.05, 3.63) is 0 Å². The fourth-order valence-electron chi connectivity index (χ4n) is 8.49. The summed E-state index contributed by atoms with van der Waals surface area (Å²) in [7, 11) is 0. The first-order chi connectivity index (χ1) is 14.1. The van der Waals surface area contributed by atoms with Crippen molar-refractivity contribution in [1.82, 2.24) is 9.80 Å². The summed E-state index contributed by atoms with van der Waals surface area (Å²) < 4.78 is 0. The molecule has 4 bridgehead atoms. The number of nitrogens with zero attached hydrogens (tertiary/aromatic N) is 2. The lowest BCUT2D eigenvalue weighted by molar-refractivity contribution is -0.159. The van der Waals surface area contributed by atoms with Gasteiger partial charge in [-0.2, -0.15) is 0 Å². The number of hydrogen-bond acceptors (Lipinski definition) is 3. The van der Waals surface area contributed by atoms with E-state index in [-0.39, 0.29) is 16.2 Å². The quantitative estimate of drug-likeness (QED) is 0.674. The molecule has 2 amide bonds. The zero-order valence-electron chi connectivity index (χ0n) is 17.7. The molecular formula is C24H36N2O2S. The number of likely N-dealkylation sites (tertiary alicyclic amines) is 1. The van der Waals surface area contributed by atoms with E-state index in [0.717, 1.165) is 68.8 Å². The Morgan fingerprint density at radius 3 is 2.00 bits per heavy atom. The summed E-state index contributed by atoms with van der Waals surface area (Å²) in [6, 6.07) is 0. The second-order valence-electron chi connectivity index (χ2n) is 11.3. The Morgan fingerprint density at radius 2 is 1.41 bits per heavy atom. The highest BCUT2D eigenvalue weighted by Gasteiger charge is 2.57. The highest BCUT2D eigenvalue weighted by Crippen LogP contribution is 2.61. The van der Waals surface area contributed by atoms with Crippen molar-refractivity contribution in [2.75, 3.05) is 25.4 Å². The number of rotatable bonds is 2. The van der Waals surface area contributed by atoms with Crippen molar-refractivity contribution < 1.29 is 9.59 Å². The summed E-state index contributed by atoms with van der Waals surface area (Å²) in [6.07, 6.45) is 14.3. The van der Waals surface area contributed by atoms with Crippen LogP contribution >= 0.6 is 11.8 Å². The molecule has 0 aromatic heterocycles. The lowest BCUT2D eigenvalue weighted by Gasteiger charge is -2.57. The van der Waals surface area contributed by atoms with Gasteiger partial charge in [-0.15, -0.1) is 11.8 Å². The fourth-order valence-corrected chi connectivity index (χ4v) is 9.96. The van der Waals surface area contributed by atoms with Gasteiger partial charge in [0.25, 0.3) is 0 Å². The van der Waals surface area contributed by atoms with Crippen LogP contribution in [0.1, 0.15) is 77.0 Å². The Balaban J connectivity index is 1.14. The summed E-state index contributed by atoms with van der Waals surface area (Å²) in [5.74, 6) is 4.74. The molecule has 0 aromatic rings. The van der Waals surface area contributed by atoms with E-state index in [4.69, 9.17) is 0 Å². The predicted molar refractivity (Wildman–Crippen MR) is 115 cm³/mol. The standard InChI is InChI=1S/C24H36N2O2S/c27-21(20-3-1-2-4-20)26-9-10-29-24(26)5-7-25(8-6-24)22(28)23-14-17-11-18(15-23)13-19(12-17)16-23/h17-20H,1-16H2. The van der Waals surface area contributed by atoms with E-state index in [9.17, 15) is 9.59 Å². The predicted octanol–water partition coefficient (Wildman–Crippen LogP) is 4.29. The Morgan fingerprint density at radius 1 is 0.828 bits per heavy atom. The number of carbonyl (C=O) groups excluding carboxylic acids is 2. The van der Waals surface area contributed by atoms with Crippen LogP contribution in [0.3, 0.4) is 0 Å². The third-order valence-electron chi connectivity index (χ3n) is 9.47. The molecule has 0 aromatic carbocycles. The van der Waals surface area contributed by atoms with Crippen LogP contribution in [0, 0.1) is 29.1 Å². The molecule has 2 heterocycles. The van der Waals surface area contributed by atoms with Crippen LogP contribution in [0.4, 0.5) is 0 Å².